The quantitative estimate of drug-likeness (QED) is 0.444. The molecule has 1 aromatic carbocycles. The molecular weight excluding hydrogens is 439 g/mol. The van der Waals surface area contributed by atoms with Gasteiger partial charge in [-0.3, -0.25) is 14.3 Å². The molecule has 130 valence electrons. The lowest BCUT2D eigenvalue weighted by Gasteiger charge is -2.14. The van der Waals surface area contributed by atoms with Gasteiger partial charge in [-0.1, -0.05) is 11.8 Å². The Bertz CT molecular complexity index is 938. The van der Waals surface area contributed by atoms with E-state index in [2.05, 4.69) is 39.4 Å². The smallest absolute Gasteiger partial charge is 0.330 e. The SMILES string of the molecule is O=c1[nH]c(=O)n([C@@H]2CC(O)[C@H](CO)O2)cc1C#Cc1ccc(I)cc1. The number of hydrogen-bond acceptors (Lipinski definition) is 5. The van der Waals surface area contributed by atoms with Crippen molar-refractivity contribution in [3.05, 3.63) is 66.0 Å². The van der Waals surface area contributed by atoms with Crippen LogP contribution in [0.15, 0.2) is 40.1 Å². The Kier molecular flexibility index (Phi) is 5.39. The van der Waals surface area contributed by atoms with Gasteiger partial charge in [-0.05, 0) is 46.9 Å². The number of aliphatic hydroxyl groups is 2. The molecule has 3 atom stereocenters. The molecule has 2 heterocycles. The van der Waals surface area contributed by atoms with Gasteiger partial charge in [0.05, 0.1) is 12.7 Å². The third kappa shape index (κ3) is 4.01. The Balaban J connectivity index is 1.93. The van der Waals surface area contributed by atoms with Crippen molar-refractivity contribution in [3.63, 3.8) is 0 Å². The molecular formula is C17H15IN2O5. The summed E-state index contributed by atoms with van der Waals surface area (Å²) in [6, 6.07) is 7.47. The van der Waals surface area contributed by atoms with Crippen LogP contribution in [0.1, 0.15) is 23.8 Å². The van der Waals surface area contributed by atoms with Gasteiger partial charge in [0.25, 0.3) is 5.56 Å². The summed E-state index contributed by atoms with van der Waals surface area (Å²) in [6.45, 7) is -0.352. The van der Waals surface area contributed by atoms with Crippen LogP contribution in [0.5, 0.6) is 0 Å². The molecule has 8 heteroatoms. The zero-order chi connectivity index (χ0) is 18.0. The van der Waals surface area contributed by atoms with Crippen LogP contribution in [0.4, 0.5) is 0 Å². The van der Waals surface area contributed by atoms with E-state index in [1.54, 1.807) is 0 Å². The Morgan fingerprint density at radius 3 is 2.64 bits per heavy atom. The normalized spacial score (nSPS) is 22.4. The summed E-state index contributed by atoms with van der Waals surface area (Å²) in [4.78, 5) is 26.2. The second-order valence-electron chi connectivity index (χ2n) is 5.58. The van der Waals surface area contributed by atoms with E-state index in [9.17, 15) is 14.7 Å². The number of aromatic nitrogens is 2. The molecule has 7 nitrogen and oxygen atoms in total. The fourth-order valence-corrected chi connectivity index (χ4v) is 2.87. The molecule has 0 amide bonds. The molecule has 1 aliphatic rings. The number of aliphatic hydroxyl groups excluding tert-OH is 2. The topological polar surface area (TPSA) is 105 Å². The molecule has 1 saturated heterocycles. The summed E-state index contributed by atoms with van der Waals surface area (Å²) < 4.78 is 7.71. The lowest BCUT2D eigenvalue weighted by atomic mass is 10.2. The number of halogens is 1. The first-order valence-corrected chi connectivity index (χ1v) is 8.63. The van der Waals surface area contributed by atoms with Crippen molar-refractivity contribution in [1.29, 1.82) is 0 Å². The van der Waals surface area contributed by atoms with Crippen LogP contribution >= 0.6 is 22.6 Å². The molecule has 3 rings (SSSR count). The predicted molar refractivity (Wildman–Crippen MR) is 98.1 cm³/mol. The molecule has 0 aliphatic carbocycles. The second kappa shape index (κ2) is 7.53. The number of ether oxygens (including phenoxy) is 1. The Morgan fingerprint density at radius 2 is 2.00 bits per heavy atom. The molecule has 1 aromatic heterocycles. The van der Waals surface area contributed by atoms with Gasteiger partial charge in [0.15, 0.2) is 0 Å². The first-order chi connectivity index (χ1) is 12.0. The molecule has 0 saturated carbocycles. The van der Waals surface area contributed by atoms with Crippen LogP contribution in [0.25, 0.3) is 0 Å². The summed E-state index contributed by atoms with van der Waals surface area (Å²) in [5.74, 6) is 5.63. The summed E-state index contributed by atoms with van der Waals surface area (Å²) in [6.07, 6.45) is -0.949. The number of rotatable bonds is 2. The van der Waals surface area contributed by atoms with E-state index in [1.807, 2.05) is 24.3 Å². The standard InChI is InChI=1S/C17H15IN2O5/c18-12-5-2-10(3-6-12)1-4-11-8-20(17(24)19-16(11)23)15-7-13(22)14(9-21)25-15/h2-3,5-6,8,13-15,21-22H,7,9H2,(H,19,23,24)/t13?,14-,15-/m0/s1. The molecule has 1 fully saturated rings. The Morgan fingerprint density at radius 1 is 1.28 bits per heavy atom. The van der Waals surface area contributed by atoms with Crippen LogP contribution in [-0.2, 0) is 4.74 Å². The molecule has 1 aliphatic heterocycles. The highest BCUT2D eigenvalue weighted by atomic mass is 127. The van der Waals surface area contributed by atoms with E-state index in [0.29, 0.717) is 0 Å². The molecule has 2 aromatic rings. The van der Waals surface area contributed by atoms with Gasteiger partial charge in [-0.15, -0.1) is 0 Å². The second-order valence-corrected chi connectivity index (χ2v) is 6.83. The van der Waals surface area contributed by atoms with Gasteiger partial charge < -0.3 is 14.9 Å². The number of aromatic amines is 1. The molecule has 0 bridgehead atoms. The van der Waals surface area contributed by atoms with E-state index in [1.165, 1.54) is 10.8 Å². The number of nitrogens with one attached hydrogen (secondary N) is 1. The van der Waals surface area contributed by atoms with E-state index in [4.69, 9.17) is 9.84 Å². The number of H-pyrrole nitrogens is 1. The highest BCUT2D eigenvalue weighted by Crippen LogP contribution is 2.27. The van der Waals surface area contributed by atoms with Crippen LogP contribution in [0.2, 0.25) is 0 Å². The van der Waals surface area contributed by atoms with Gasteiger partial charge in [-0.2, -0.15) is 0 Å². The highest BCUT2D eigenvalue weighted by molar-refractivity contribution is 14.1. The Labute approximate surface area is 156 Å². The average molecular weight is 454 g/mol. The van der Waals surface area contributed by atoms with Crippen LogP contribution in [0.3, 0.4) is 0 Å². The van der Waals surface area contributed by atoms with E-state index < -0.39 is 29.7 Å². The van der Waals surface area contributed by atoms with E-state index in [-0.39, 0.29) is 18.6 Å². The van der Waals surface area contributed by atoms with Crippen molar-refractivity contribution in [1.82, 2.24) is 9.55 Å². The van der Waals surface area contributed by atoms with Crippen molar-refractivity contribution >= 4 is 22.6 Å². The van der Waals surface area contributed by atoms with Crippen molar-refractivity contribution in [2.75, 3.05) is 6.61 Å². The maximum Gasteiger partial charge on any atom is 0.330 e. The van der Waals surface area contributed by atoms with Crippen LogP contribution < -0.4 is 11.2 Å². The minimum absolute atomic E-state index is 0.115. The summed E-state index contributed by atoms with van der Waals surface area (Å²) in [5, 5.41) is 19.0. The zero-order valence-corrected chi connectivity index (χ0v) is 15.1. The molecule has 3 N–H and O–H groups in total. The summed E-state index contributed by atoms with van der Waals surface area (Å²) >= 11 is 2.18. The van der Waals surface area contributed by atoms with Gasteiger partial charge in [0.1, 0.15) is 17.9 Å². The monoisotopic (exact) mass is 454 g/mol. The minimum atomic E-state index is -0.879. The van der Waals surface area contributed by atoms with Crippen molar-refractivity contribution in [2.45, 2.75) is 24.9 Å². The van der Waals surface area contributed by atoms with Crippen LogP contribution in [0, 0.1) is 15.4 Å². The molecule has 0 spiro atoms. The molecule has 1 unspecified atom stereocenters. The molecule has 25 heavy (non-hydrogen) atoms. The van der Waals surface area contributed by atoms with E-state index in [0.717, 1.165) is 9.13 Å². The average Bonchev–Trinajstić information content (AvgIpc) is 2.96. The molecule has 0 radical (unpaired) electrons. The lowest BCUT2D eigenvalue weighted by Crippen LogP contribution is -2.33. The minimum Gasteiger partial charge on any atom is -0.394 e. The van der Waals surface area contributed by atoms with Crippen molar-refractivity contribution in [3.8, 4) is 11.8 Å². The lowest BCUT2D eigenvalue weighted by molar-refractivity contribution is -0.0459. The summed E-state index contributed by atoms with van der Waals surface area (Å²) in [7, 11) is 0. The highest BCUT2D eigenvalue weighted by Gasteiger charge is 2.35. The fourth-order valence-electron chi connectivity index (χ4n) is 2.51. The van der Waals surface area contributed by atoms with Gasteiger partial charge in [0.2, 0.25) is 0 Å². The number of benzene rings is 1. The van der Waals surface area contributed by atoms with Crippen molar-refractivity contribution in [2.24, 2.45) is 0 Å². The third-order valence-electron chi connectivity index (χ3n) is 3.85. The zero-order valence-electron chi connectivity index (χ0n) is 13.0. The van der Waals surface area contributed by atoms with Crippen LogP contribution in [-0.4, -0.2) is 38.6 Å². The maximum atomic E-state index is 12.0. The first kappa shape index (κ1) is 17.9. The fraction of sp³-hybridized carbons (Fsp3) is 0.294. The summed E-state index contributed by atoms with van der Waals surface area (Å²) in [5.41, 5.74) is -0.383. The number of hydrogen-bond donors (Lipinski definition) is 3. The van der Waals surface area contributed by atoms with E-state index >= 15 is 0 Å². The largest absolute Gasteiger partial charge is 0.394 e. The van der Waals surface area contributed by atoms with Gasteiger partial charge >= 0.3 is 5.69 Å². The predicted octanol–water partition coefficient (Wildman–Crippen LogP) is 0.182. The number of nitrogens with zero attached hydrogens (tertiary/aromatic N) is 1. The maximum absolute atomic E-state index is 12.0. The van der Waals surface area contributed by atoms with Gasteiger partial charge in [0, 0.05) is 21.8 Å². The first-order valence-electron chi connectivity index (χ1n) is 7.55. The third-order valence-corrected chi connectivity index (χ3v) is 4.57. The van der Waals surface area contributed by atoms with Gasteiger partial charge in [-0.25, -0.2) is 4.79 Å². The Hall–Kier alpha value is -1.93. The van der Waals surface area contributed by atoms with Crippen molar-refractivity contribution < 1.29 is 14.9 Å².